The van der Waals surface area contributed by atoms with Crippen molar-refractivity contribution in [1.29, 1.82) is 0 Å². The fourth-order valence-corrected chi connectivity index (χ4v) is 3.15. The van der Waals surface area contributed by atoms with Gasteiger partial charge in [0.1, 0.15) is 5.78 Å². The normalized spacial score (nSPS) is 22.5. The maximum absolute atomic E-state index is 11.6. The van der Waals surface area contributed by atoms with Gasteiger partial charge in [0.25, 0.3) is 0 Å². The molecule has 0 atom stereocenters. The third-order valence-corrected chi connectivity index (χ3v) is 4.63. The predicted octanol–water partition coefficient (Wildman–Crippen LogP) is 5.96. The predicted molar refractivity (Wildman–Crippen MR) is 87.1 cm³/mol. The molecule has 0 saturated heterocycles. The van der Waals surface area contributed by atoms with Crippen molar-refractivity contribution in [2.45, 2.75) is 83.5 Å². The molecule has 0 N–H and O–H groups in total. The fraction of sp³-hybridized carbons (Fsp3) is 0.812. The summed E-state index contributed by atoms with van der Waals surface area (Å²) in [6.07, 6.45) is 17.9. The van der Waals surface area contributed by atoms with Gasteiger partial charge >= 0.3 is 0 Å². The molecule has 0 amide bonds. The van der Waals surface area contributed by atoms with Crippen molar-refractivity contribution in [3.05, 3.63) is 9.66 Å². The number of rotatable bonds is 0. The van der Waals surface area contributed by atoms with Crippen LogP contribution in [0.25, 0.3) is 0 Å². The Hall–Kier alpha value is 0.140. The topological polar surface area (TPSA) is 17.1 Å². The van der Waals surface area contributed by atoms with Gasteiger partial charge in [-0.15, -0.1) is 0 Å². The van der Waals surface area contributed by atoms with E-state index in [1.165, 1.54) is 54.9 Å². The molecule has 0 radical (unpaired) electrons. The van der Waals surface area contributed by atoms with Crippen molar-refractivity contribution in [2.24, 2.45) is 0 Å². The molecule has 1 rings (SSSR count). The summed E-state index contributed by atoms with van der Waals surface area (Å²) >= 11 is 2.46. The highest BCUT2D eigenvalue weighted by Crippen LogP contribution is 2.19. The lowest BCUT2D eigenvalue weighted by Crippen LogP contribution is -1.97. The minimum absolute atomic E-state index is 0.477. The highest BCUT2D eigenvalue weighted by Gasteiger charge is 2.02. The number of carbonyl (C=O) groups excluding carboxylic acids is 1. The van der Waals surface area contributed by atoms with Crippen LogP contribution in [0.5, 0.6) is 0 Å². The minimum Gasteiger partial charge on any atom is -0.300 e. The third-order valence-electron chi connectivity index (χ3n) is 3.65. The Labute approximate surface area is 126 Å². The average Bonchev–Trinajstić information content (AvgIpc) is 2.35. The summed E-state index contributed by atoms with van der Waals surface area (Å²) in [5.74, 6) is 0.477. The van der Waals surface area contributed by atoms with Crippen LogP contribution in [0.15, 0.2) is 9.66 Å². The fourth-order valence-electron chi connectivity index (χ4n) is 2.46. The van der Waals surface area contributed by atoms with E-state index < -0.39 is 0 Å². The van der Waals surface area contributed by atoms with Crippen LogP contribution in [0.3, 0.4) is 0 Å². The first-order valence-corrected chi connectivity index (χ1v) is 8.73. The molecular formula is C16H27IO. The van der Waals surface area contributed by atoms with Crippen LogP contribution >= 0.6 is 22.6 Å². The van der Waals surface area contributed by atoms with Gasteiger partial charge in [-0.2, -0.15) is 0 Å². The quantitative estimate of drug-likeness (QED) is 0.486. The second-order valence-electron chi connectivity index (χ2n) is 5.41. The number of hydrogen-bond acceptors (Lipinski definition) is 1. The molecule has 2 heteroatoms. The highest BCUT2D eigenvalue weighted by atomic mass is 127. The van der Waals surface area contributed by atoms with Crippen molar-refractivity contribution >= 4 is 28.4 Å². The van der Waals surface area contributed by atoms with Gasteiger partial charge in [0.15, 0.2) is 0 Å². The standard InChI is InChI=1S/C16H27IO/c17-15-11-7-5-3-1-2-4-6-8-13-16(18)14-10-9-12-15/h12H,1-11,13-14H2. The lowest BCUT2D eigenvalue weighted by molar-refractivity contribution is -0.119. The van der Waals surface area contributed by atoms with Crippen molar-refractivity contribution in [2.75, 3.05) is 0 Å². The minimum atomic E-state index is 0.477. The first-order chi connectivity index (χ1) is 8.79. The second-order valence-corrected chi connectivity index (χ2v) is 6.80. The van der Waals surface area contributed by atoms with E-state index in [1.807, 2.05) is 0 Å². The molecule has 1 aliphatic rings. The van der Waals surface area contributed by atoms with Gasteiger partial charge in [0, 0.05) is 12.8 Å². The van der Waals surface area contributed by atoms with E-state index in [0.29, 0.717) is 5.78 Å². The zero-order valence-electron chi connectivity index (χ0n) is 11.6. The lowest BCUT2D eigenvalue weighted by Gasteiger charge is -2.04. The highest BCUT2D eigenvalue weighted by molar-refractivity contribution is 14.1. The summed E-state index contributed by atoms with van der Waals surface area (Å²) in [4.78, 5) is 11.6. The van der Waals surface area contributed by atoms with E-state index in [9.17, 15) is 4.79 Å². The summed E-state index contributed by atoms with van der Waals surface area (Å²) in [7, 11) is 0. The average molecular weight is 362 g/mol. The van der Waals surface area contributed by atoms with E-state index in [1.54, 1.807) is 0 Å². The second kappa shape index (κ2) is 11.0. The molecule has 0 bridgehead atoms. The molecule has 18 heavy (non-hydrogen) atoms. The van der Waals surface area contributed by atoms with Gasteiger partial charge in [0.05, 0.1) is 0 Å². The van der Waals surface area contributed by atoms with Crippen LogP contribution < -0.4 is 0 Å². The Bertz CT molecular complexity index is 258. The summed E-state index contributed by atoms with van der Waals surface area (Å²) in [6, 6.07) is 0. The SMILES string of the molecule is O=C1CCCC=C(I)CCCCCCCCCC1. The monoisotopic (exact) mass is 362 g/mol. The Morgan fingerprint density at radius 2 is 1.22 bits per heavy atom. The van der Waals surface area contributed by atoms with Gasteiger partial charge in [-0.1, -0.05) is 44.6 Å². The Balaban J connectivity index is 2.28. The molecule has 104 valence electrons. The van der Waals surface area contributed by atoms with Crippen LogP contribution in [0, 0.1) is 0 Å². The molecule has 1 aliphatic carbocycles. The van der Waals surface area contributed by atoms with Crippen LogP contribution in [-0.4, -0.2) is 5.78 Å². The summed E-state index contributed by atoms with van der Waals surface area (Å²) in [6.45, 7) is 0. The van der Waals surface area contributed by atoms with Gasteiger partial charge in [0.2, 0.25) is 0 Å². The number of ketones is 1. The van der Waals surface area contributed by atoms with E-state index in [2.05, 4.69) is 28.7 Å². The van der Waals surface area contributed by atoms with E-state index in [0.717, 1.165) is 32.1 Å². The van der Waals surface area contributed by atoms with E-state index in [4.69, 9.17) is 0 Å². The number of Topliss-reactive ketones (excluding diaryl/α,β-unsaturated/α-hetero) is 1. The van der Waals surface area contributed by atoms with Crippen LogP contribution in [0.1, 0.15) is 83.5 Å². The summed E-state index contributed by atoms with van der Waals surface area (Å²) in [5.41, 5.74) is 0. The zero-order chi connectivity index (χ0) is 13.1. The van der Waals surface area contributed by atoms with Crippen LogP contribution in [-0.2, 0) is 4.79 Å². The molecule has 1 nitrogen and oxygen atoms in total. The molecule has 0 spiro atoms. The van der Waals surface area contributed by atoms with Crippen molar-refractivity contribution < 1.29 is 4.79 Å². The maximum Gasteiger partial charge on any atom is 0.132 e. The van der Waals surface area contributed by atoms with Crippen LogP contribution in [0.4, 0.5) is 0 Å². The van der Waals surface area contributed by atoms with Gasteiger partial charge in [-0.05, 0) is 58.3 Å². The number of hydrogen-bond donors (Lipinski definition) is 0. The van der Waals surface area contributed by atoms with Gasteiger partial charge < -0.3 is 0 Å². The first-order valence-electron chi connectivity index (χ1n) is 7.65. The molecule has 0 aromatic heterocycles. The molecule has 0 heterocycles. The Morgan fingerprint density at radius 3 is 1.89 bits per heavy atom. The maximum atomic E-state index is 11.6. The number of carbonyl (C=O) groups is 1. The molecule has 0 fully saturated rings. The molecule has 0 aromatic rings. The summed E-state index contributed by atoms with van der Waals surface area (Å²) < 4.78 is 1.49. The lowest BCUT2D eigenvalue weighted by atomic mass is 10.0. The molecule has 0 saturated carbocycles. The van der Waals surface area contributed by atoms with Gasteiger partial charge in [-0.3, -0.25) is 4.79 Å². The van der Waals surface area contributed by atoms with Crippen molar-refractivity contribution in [3.63, 3.8) is 0 Å². The molecule has 0 aliphatic heterocycles. The molecular weight excluding hydrogens is 335 g/mol. The smallest absolute Gasteiger partial charge is 0.132 e. The number of halogens is 1. The van der Waals surface area contributed by atoms with Crippen molar-refractivity contribution in [3.8, 4) is 0 Å². The Kier molecular flexibility index (Phi) is 9.90. The van der Waals surface area contributed by atoms with Crippen LogP contribution in [0.2, 0.25) is 0 Å². The largest absolute Gasteiger partial charge is 0.300 e. The molecule has 0 aromatic carbocycles. The third kappa shape index (κ3) is 9.12. The summed E-state index contributed by atoms with van der Waals surface area (Å²) in [5, 5.41) is 0. The first kappa shape index (κ1) is 16.2. The van der Waals surface area contributed by atoms with Gasteiger partial charge in [-0.25, -0.2) is 0 Å². The number of allylic oxidation sites excluding steroid dienone is 2. The van der Waals surface area contributed by atoms with E-state index in [-0.39, 0.29) is 0 Å². The zero-order valence-corrected chi connectivity index (χ0v) is 13.7. The molecule has 0 unspecified atom stereocenters. The van der Waals surface area contributed by atoms with E-state index >= 15 is 0 Å². The van der Waals surface area contributed by atoms with Crippen molar-refractivity contribution in [1.82, 2.24) is 0 Å². The Morgan fingerprint density at radius 1 is 0.722 bits per heavy atom.